The number of amides is 1. The van der Waals surface area contributed by atoms with E-state index >= 15 is 0 Å². The van der Waals surface area contributed by atoms with Crippen LogP contribution in [0.3, 0.4) is 0 Å². The molecule has 0 unspecified atom stereocenters. The average Bonchev–Trinajstić information content (AvgIpc) is 2.35. The predicted molar refractivity (Wildman–Crippen MR) is 63.5 cm³/mol. The van der Waals surface area contributed by atoms with Gasteiger partial charge in [0.15, 0.2) is 0 Å². The molecule has 1 aromatic rings. The molecule has 1 aliphatic rings. The summed E-state index contributed by atoms with van der Waals surface area (Å²) in [4.78, 5) is 16.1. The Morgan fingerprint density at radius 3 is 2.82 bits per heavy atom. The summed E-state index contributed by atoms with van der Waals surface area (Å²) in [7, 11) is 0. The van der Waals surface area contributed by atoms with E-state index in [9.17, 15) is 4.79 Å². The summed E-state index contributed by atoms with van der Waals surface area (Å²) < 4.78 is 0. The summed E-state index contributed by atoms with van der Waals surface area (Å²) in [6.45, 7) is 5.41. The molecule has 2 N–H and O–H groups in total. The highest BCUT2D eigenvalue weighted by molar-refractivity contribution is 5.91. The third-order valence-electron chi connectivity index (χ3n) is 2.99. The van der Waals surface area contributed by atoms with E-state index in [1.54, 1.807) is 0 Å². The first-order chi connectivity index (χ1) is 8.16. The van der Waals surface area contributed by atoms with Crippen molar-refractivity contribution >= 4 is 11.9 Å². The van der Waals surface area contributed by atoms with Crippen LogP contribution in [0.5, 0.6) is 0 Å². The molecule has 6 nitrogen and oxygen atoms in total. The molecule has 1 atom stereocenters. The molecule has 0 spiro atoms. The molecular weight excluding hydrogens is 218 g/mol. The fraction of sp³-hybridized carbons (Fsp3) is 0.636. The van der Waals surface area contributed by atoms with Gasteiger partial charge in [-0.3, -0.25) is 10.1 Å². The minimum Gasteiger partial charge on any atom is -0.316 e. The molecule has 1 fully saturated rings. The number of hydrogen-bond acceptors (Lipinski definition) is 5. The van der Waals surface area contributed by atoms with Gasteiger partial charge in [-0.05, 0) is 33.2 Å². The molecule has 0 aromatic carbocycles. The van der Waals surface area contributed by atoms with Crippen molar-refractivity contribution in [1.82, 2.24) is 20.5 Å². The van der Waals surface area contributed by atoms with Gasteiger partial charge in [0.2, 0.25) is 11.9 Å². The summed E-state index contributed by atoms with van der Waals surface area (Å²) in [5.74, 6) is 0.278. The zero-order valence-corrected chi connectivity index (χ0v) is 10.2. The molecule has 2 heterocycles. The number of anilines is 1. The largest absolute Gasteiger partial charge is 0.316 e. The maximum Gasteiger partial charge on any atom is 0.249 e. The first-order valence-electron chi connectivity index (χ1n) is 5.86. The van der Waals surface area contributed by atoms with Gasteiger partial charge in [-0.2, -0.15) is 5.10 Å². The van der Waals surface area contributed by atoms with Gasteiger partial charge < -0.3 is 5.32 Å². The Balaban J connectivity index is 1.99. The highest BCUT2D eigenvalue weighted by Crippen LogP contribution is 2.12. The lowest BCUT2D eigenvalue weighted by molar-refractivity contribution is -0.120. The first-order valence-corrected chi connectivity index (χ1v) is 5.86. The molecular formula is C11H17N5O. The van der Waals surface area contributed by atoms with Crippen LogP contribution in [-0.4, -0.2) is 34.2 Å². The average molecular weight is 235 g/mol. The van der Waals surface area contributed by atoms with Crippen LogP contribution < -0.4 is 10.6 Å². The van der Waals surface area contributed by atoms with Crippen LogP contribution in [-0.2, 0) is 4.79 Å². The monoisotopic (exact) mass is 235 g/mol. The molecule has 92 valence electrons. The third kappa shape index (κ3) is 2.97. The molecule has 1 amide bonds. The van der Waals surface area contributed by atoms with E-state index in [0.29, 0.717) is 5.95 Å². The number of piperidine rings is 1. The fourth-order valence-corrected chi connectivity index (χ4v) is 1.80. The Morgan fingerprint density at radius 1 is 1.35 bits per heavy atom. The number of nitrogens with one attached hydrogen (secondary N) is 2. The summed E-state index contributed by atoms with van der Waals surface area (Å²) in [6.07, 6.45) is 1.95. The van der Waals surface area contributed by atoms with E-state index in [0.717, 1.165) is 37.3 Å². The van der Waals surface area contributed by atoms with Crippen molar-refractivity contribution < 1.29 is 4.79 Å². The third-order valence-corrected chi connectivity index (χ3v) is 2.99. The molecule has 6 heteroatoms. The Hall–Kier alpha value is -1.56. The molecule has 0 aliphatic carbocycles. The van der Waals surface area contributed by atoms with Crippen molar-refractivity contribution in [3.63, 3.8) is 0 Å². The van der Waals surface area contributed by atoms with E-state index in [4.69, 9.17) is 0 Å². The normalized spacial score (nSPS) is 20.0. The van der Waals surface area contributed by atoms with E-state index < -0.39 is 0 Å². The Labute approximate surface area is 100 Å². The van der Waals surface area contributed by atoms with Crippen LogP contribution in [0.1, 0.15) is 24.2 Å². The van der Waals surface area contributed by atoms with Gasteiger partial charge >= 0.3 is 0 Å². The number of aromatic nitrogens is 3. The minimum atomic E-state index is -0.0257. The van der Waals surface area contributed by atoms with Crippen molar-refractivity contribution in [2.45, 2.75) is 26.7 Å². The summed E-state index contributed by atoms with van der Waals surface area (Å²) in [5.41, 5.74) is 1.57. The molecule has 1 aliphatic heterocycles. The second kappa shape index (κ2) is 5.18. The number of carbonyl (C=O) groups is 1. The van der Waals surface area contributed by atoms with Gasteiger partial charge in [-0.25, -0.2) is 4.98 Å². The van der Waals surface area contributed by atoms with Crippen LogP contribution in [0.25, 0.3) is 0 Å². The van der Waals surface area contributed by atoms with E-state index in [1.807, 2.05) is 13.8 Å². The van der Waals surface area contributed by atoms with Gasteiger partial charge in [0, 0.05) is 6.54 Å². The Kier molecular flexibility index (Phi) is 3.63. The van der Waals surface area contributed by atoms with Gasteiger partial charge in [0.1, 0.15) is 0 Å². The van der Waals surface area contributed by atoms with E-state index in [-0.39, 0.29) is 11.8 Å². The topological polar surface area (TPSA) is 79.8 Å². The Morgan fingerprint density at radius 2 is 2.18 bits per heavy atom. The number of hydrogen-bond donors (Lipinski definition) is 2. The SMILES string of the molecule is Cc1nnc(NC(=O)[C@@H]2CCCNC2)nc1C. The van der Waals surface area contributed by atoms with Crippen LogP contribution in [0.15, 0.2) is 0 Å². The summed E-state index contributed by atoms with van der Waals surface area (Å²) >= 11 is 0. The van der Waals surface area contributed by atoms with E-state index in [2.05, 4.69) is 25.8 Å². The second-order valence-electron chi connectivity index (χ2n) is 4.34. The van der Waals surface area contributed by atoms with Crippen molar-refractivity contribution in [1.29, 1.82) is 0 Å². The zero-order valence-electron chi connectivity index (χ0n) is 10.2. The lowest BCUT2D eigenvalue weighted by atomic mass is 9.99. The molecule has 2 rings (SSSR count). The van der Waals surface area contributed by atoms with Gasteiger partial charge in [0.25, 0.3) is 0 Å². The molecule has 17 heavy (non-hydrogen) atoms. The standard InChI is InChI=1S/C11H17N5O/c1-7-8(2)15-16-11(13-7)14-10(17)9-4-3-5-12-6-9/h9,12H,3-6H2,1-2H3,(H,13,14,16,17)/t9-/m1/s1. The molecule has 1 saturated heterocycles. The van der Waals surface area contributed by atoms with Crippen molar-refractivity contribution in [2.75, 3.05) is 18.4 Å². The van der Waals surface area contributed by atoms with Crippen LogP contribution in [0.2, 0.25) is 0 Å². The smallest absolute Gasteiger partial charge is 0.249 e. The maximum absolute atomic E-state index is 11.9. The fourth-order valence-electron chi connectivity index (χ4n) is 1.80. The highest BCUT2D eigenvalue weighted by atomic mass is 16.2. The zero-order chi connectivity index (χ0) is 12.3. The van der Waals surface area contributed by atoms with Crippen LogP contribution in [0.4, 0.5) is 5.95 Å². The molecule has 0 saturated carbocycles. The molecule has 0 bridgehead atoms. The number of rotatable bonds is 2. The van der Waals surface area contributed by atoms with E-state index in [1.165, 1.54) is 0 Å². The highest BCUT2D eigenvalue weighted by Gasteiger charge is 2.21. The van der Waals surface area contributed by atoms with Gasteiger partial charge in [-0.1, -0.05) is 0 Å². The lowest BCUT2D eigenvalue weighted by Gasteiger charge is -2.21. The van der Waals surface area contributed by atoms with Gasteiger partial charge in [-0.15, -0.1) is 5.10 Å². The maximum atomic E-state index is 11.9. The quantitative estimate of drug-likeness (QED) is 0.777. The summed E-state index contributed by atoms with van der Waals surface area (Å²) in [6, 6.07) is 0. The summed E-state index contributed by atoms with van der Waals surface area (Å²) in [5, 5.41) is 13.7. The van der Waals surface area contributed by atoms with Crippen molar-refractivity contribution in [3.8, 4) is 0 Å². The van der Waals surface area contributed by atoms with Crippen LogP contribution in [0, 0.1) is 19.8 Å². The van der Waals surface area contributed by atoms with Crippen LogP contribution >= 0.6 is 0 Å². The van der Waals surface area contributed by atoms with Gasteiger partial charge in [0.05, 0.1) is 17.3 Å². The minimum absolute atomic E-state index is 0.00830. The first kappa shape index (κ1) is 11.9. The van der Waals surface area contributed by atoms with Crippen molar-refractivity contribution in [2.24, 2.45) is 5.92 Å². The van der Waals surface area contributed by atoms with Crippen molar-refractivity contribution in [3.05, 3.63) is 11.4 Å². The molecule has 1 aromatic heterocycles. The lowest BCUT2D eigenvalue weighted by Crippen LogP contribution is -2.37. The number of carbonyl (C=O) groups excluding carboxylic acids is 1. The number of nitrogens with zero attached hydrogens (tertiary/aromatic N) is 3. The predicted octanol–water partition coefficient (Wildman–Crippen LogP) is 0.427. The number of aryl methyl sites for hydroxylation is 2. The second-order valence-corrected chi connectivity index (χ2v) is 4.34. The Bertz CT molecular complexity index is 414. The molecule has 0 radical (unpaired) electrons.